The first kappa shape index (κ1) is 12.1. The van der Waals surface area contributed by atoms with Gasteiger partial charge in [0.25, 0.3) is 5.91 Å². The summed E-state index contributed by atoms with van der Waals surface area (Å²) in [5.74, 6) is -0.363. The normalized spacial score (nSPS) is 14.3. The van der Waals surface area contributed by atoms with Crippen molar-refractivity contribution < 1.29 is 9.18 Å². The van der Waals surface area contributed by atoms with Gasteiger partial charge in [0, 0.05) is 13.1 Å². The summed E-state index contributed by atoms with van der Waals surface area (Å²) in [6.07, 6.45) is 1.62. The molecule has 0 bridgehead atoms. The number of hydrogen-bond donors (Lipinski definition) is 0. The first-order chi connectivity index (χ1) is 9.16. The molecule has 7 heteroatoms. The molecule has 0 aliphatic carbocycles. The molecule has 3 rings (SSSR count). The summed E-state index contributed by atoms with van der Waals surface area (Å²) in [6.45, 7) is 1.43. The summed E-state index contributed by atoms with van der Waals surface area (Å²) in [5, 5.41) is 7.65. The molecule has 0 saturated heterocycles. The molecule has 0 atom stereocenters. The lowest BCUT2D eigenvalue weighted by molar-refractivity contribution is 0.0702. The van der Waals surface area contributed by atoms with Crippen LogP contribution in [0.25, 0.3) is 0 Å². The van der Waals surface area contributed by atoms with E-state index in [-0.39, 0.29) is 16.5 Å². The molecular weight excluding hydrogens is 271 g/mol. The Hall–Kier alpha value is -1.95. The van der Waals surface area contributed by atoms with Gasteiger partial charge in [-0.05, 0) is 12.1 Å². The number of carbonyl (C=O) groups is 1. The number of nitrogens with zero attached hydrogens (tertiary/aromatic N) is 4. The lowest BCUT2D eigenvalue weighted by Gasteiger charge is -2.27. The molecule has 1 aromatic carbocycles. The van der Waals surface area contributed by atoms with Gasteiger partial charge in [-0.15, -0.1) is 10.2 Å². The lowest BCUT2D eigenvalue weighted by Crippen LogP contribution is -2.38. The van der Waals surface area contributed by atoms with Crippen LogP contribution in [0.4, 0.5) is 4.39 Å². The predicted octanol–water partition coefficient (Wildman–Crippen LogP) is 1.73. The minimum absolute atomic E-state index is 0.0135. The minimum Gasteiger partial charge on any atom is -0.329 e. The highest BCUT2D eigenvalue weighted by Crippen LogP contribution is 2.21. The minimum atomic E-state index is -0.679. The fraction of sp³-hybridized carbons (Fsp3) is 0.250. The molecule has 0 radical (unpaired) electrons. The number of carbonyl (C=O) groups excluding carboxylic acids is 1. The van der Waals surface area contributed by atoms with Crippen molar-refractivity contribution in [3.05, 3.63) is 46.8 Å². The van der Waals surface area contributed by atoms with Crippen LogP contribution in [0.1, 0.15) is 16.2 Å². The Balaban J connectivity index is 1.88. The van der Waals surface area contributed by atoms with Crippen molar-refractivity contribution in [1.82, 2.24) is 19.7 Å². The summed E-state index contributed by atoms with van der Waals surface area (Å²) in [5.41, 5.74) is -0.0135. The van der Waals surface area contributed by atoms with Crippen LogP contribution in [0.15, 0.2) is 24.5 Å². The van der Waals surface area contributed by atoms with Crippen molar-refractivity contribution in [3.8, 4) is 0 Å². The van der Waals surface area contributed by atoms with Gasteiger partial charge < -0.3 is 9.47 Å². The van der Waals surface area contributed by atoms with Crippen LogP contribution in [0.3, 0.4) is 0 Å². The average molecular weight is 281 g/mol. The Labute approximate surface area is 113 Å². The van der Waals surface area contributed by atoms with Crippen LogP contribution < -0.4 is 0 Å². The number of amides is 1. The molecule has 1 amide bonds. The van der Waals surface area contributed by atoms with E-state index in [9.17, 15) is 9.18 Å². The van der Waals surface area contributed by atoms with E-state index in [0.717, 1.165) is 0 Å². The monoisotopic (exact) mass is 280 g/mol. The molecule has 0 saturated carbocycles. The molecule has 2 heterocycles. The standard InChI is InChI=1S/C12H10ClFN4O/c13-9-3-1-2-8(11(9)14)12(19)17-4-5-18-7-15-16-10(18)6-17/h1-3,7H,4-6H2. The van der Waals surface area contributed by atoms with Gasteiger partial charge in [0.1, 0.15) is 6.33 Å². The van der Waals surface area contributed by atoms with Crippen LogP contribution in [0, 0.1) is 5.82 Å². The highest BCUT2D eigenvalue weighted by Gasteiger charge is 2.25. The smallest absolute Gasteiger partial charge is 0.257 e. The van der Waals surface area contributed by atoms with Crippen molar-refractivity contribution in [2.24, 2.45) is 0 Å². The average Bonchev–Trinajstić information content (AvgIpc) is 2.88. The zero-order valence-corrected chi connectivity index (χ0v) is 10.6. The van der Waals surface area contributed by atoms with Crippen LogP contribution in [-0.2, 0) is 13.1 Å². The van der Waals surface area contributed by atoms with E-state index in [4.69, 9.17) is 11.6 Å². The molecular formula is C12H10ClFN4O. The Morgan fingerprint density at radius 1 is 1.37 bits per heavy atom. The predicted molar refractivity (Wildman–Crippen MR) is 66.2 cm³/mol. The first-order valence-corrected chi connectivity index (χ1v) is 6.14. The SMILES string of the molecule is O=C(c1cccc(Cl)c1F)N1CCn2cnnc2C1. The zero-order chi connectivity index (χ0) is 13.4. The molecule has 0 unspecified atom stereocenters. The first-order valence-electron chi connectivity index (χ1n) is 5.77. The van der Waals surface area contributed by atoms with Gasteiger partial charge in [0.05, 0.1) is 17.1 Å². The quantitative estimate of drug-likeness (QED) is 0.799. The molecule has 1 aromatic heterocycles. The van der Waals surface area contributed by atoms with E-state index in [0.29, 0.717) is 25.5 Å². The van der Waals surface area contributed by atoms with Gasteiger partial charge >= 0.3 is 0 Å². The molecule has 0 fully saturated rings. The third-order valence-electron chi connectivity index (χ3n) is 3.11. The fourth-order valence-corrected chi connectivity index (χ4v) is 2.25. The van der Waals surface area contributed by atoms with Gasteiger partial charge in [-0.3, -0.25) is 4.79 Å². The van der Waals surface area contributed by atoms with Crippen LogP contribution in [-0.4, -0.2) is 32.1 Å². The number of halogens is 2. The fourth-order valence-electron chi connectivity index (χ4n) is 2.08. The number of fused-ring (bicyclic) bond motifs is 1. The highest BCUT2D eigenvalue weighted by molar-refractivity contribution is 6.31. The lowest BCUT2D eigenvalue weighted by atomic mass is 10.1. The van der Waals surface area contributed by atoms with E-state index in [1.165, 1.54) is 12.1 Å². The Bertz CT molecular complexity index is 642. The second-order valence-corrected chi connectivity index (χ2v) is 4.68. The van der Waals surface area contributed by atoms with Crippen molar-refractivity contribution in [1.29, 1.82) is 0 Å². The zero-order valence-electron chi connectivity index (χ0n) is 9.88. The van der Waals surface area contributed by atoms with Crippen molar-refractivity contribution >= 4 is 17.5 Å². The van der Waals surface area contributed by atoms with Crippen molar-refractivity contribution in [3.63, 3.8) is 0 Å². The summed E-state index contributed by atoms with van der Waals surface area (Å²) in [4.78, 5) is 13.8. The van der Waals surface area contributed by atoms with Gasteiger partial charge in [-0.25, -0.2) is 4.39 Å². The molecule has 1 aliphatic heterocycles. The topological polar surface area (TPSA) is 51.0 Å². The molecule has 19 heavy (non-hydrogen) atoms. The van der Waals surface area contributed by atoms with E-state index < -0.39 is 5.82 Å². The summed E-state index contributed by atoms with van der Waals surface area (Å²) >= 11 is 5.69. The second-order valence-electron chi connectivity index (χ2n) is 4.27. The van der Waals surface area contributed by atoms with Gasteiger partial charge in [-0.1, -0.05) is 17.7 Å². The van der Waals surface area contributed by atoms with Crippen molar-refractivity contribution in [2.45, 2.75) is 13.1 Å². The maximum atomic E-state index is 13.8. The van der Waals surface area contributed by atoms with E-state index in [2.05, 4.69) is 10.2 Å². The molecule has 0 N–H and O–H groups in total. The number of benzene rings is 1. The summed E-state index contributed by atoms with van der Waals surface area (Å²) < 4.78 is 15.7. The van der Waals surface area contributed by atoms with Crippen LogP contribution >= 0.6 is 11.6 Å². The van der Waals surface area contributed by atoms with Crippen molar-refractivity contribution in [2.75, 3.05) is 6.54 Å². The second kappa shape index (κ2) is 4.62. The summed E-state index contributed by atoms with van der Waals surface area (Å²) in [7, 11) is 0. The van der Waals surface area contributed by atoms with Crippen LogP contribution in [0.5, 0.6) is 0 Å². The summed E-state index contributed by atoms with van der Waals surface area (Å²) in [6, 6.07) is 4.41. The van der Waals surface area contributed by atoms with Gasteiger partial charge in [0.15, 0.2) is 11.6 Å². The molecule has 1 aliphatic rings. The maximum Gasteiger partial charge on any atom is 0.257 e. The third-order valence-corrected chi connectivity index (χ3v) is 3.40. The number of aromatic nitrogens is 3. The Morgan fingerprint density at radius 3 is 3.05 bits per heavy atom. The molecule has 5 nitrogen and oxygen atoms in total. The van der Waals surface area contributed by atoms with Crippen LogP contribution in [0.2, 0.25) is 5.02 Å². The van der Waals surface area contributed by atoms with E-state index >= 15 is 0 Å². The molecule has 0 spiro atoms. The maximum absolute atomic E-state index is 13.8. The Morgan fingerprint density at radius 2 is 2.21 bits per heavy atom. The Kier molecular flexibility index (Phi) is 2.94. The third kappa shape index (κ3) is 2.08. The molecule has 98 valence electrons. The number of rotatable bonds is 1. The van der Waals surface area contributed by atoms with Gasteiger partial charge in [-0.2, -0.15) is 0 Å². The largest absolute Gasteiger partial charge is 0.329 e. The number of hydrogen-bond acceptors (Lipinski definition) is 3. The van der Waals surface area contributed by atoms with E-state index in [1.54, 1.807) is 17.3 Å². The van der Waals surface area contributed by atoms with E-state index in [1.807, 2.05) is 4.57 Å². The highest BCUT2D eigenvalue weighted by atomic mass is 35.5. The molecule has 2 aromatic rings. The van der Waals surface area contributed by atoms with Gasteiger partial charge in [0.2, 0.25) is 0 Å².